The number of aromatic nitrogens is 3. The molecule has 0 aliphatic carbocycles. The molecule has 11 rings (SSSR count). The van der Waals surface area contributed by atoms with Gasteiger partial charge in [0, 0.05) is 62.2 Å². The van der Waals surface area contributed by atoms with E-state index in [0.29, 0.717) is 5.95 Å². The van der Waals surface area contributed by atoms with Crippen molar-refractivity contribution in [3.63, 3.8) is 0 Å². The molecule has 0 saturated heterocycles. The van der Waals surface area contributed by atoms with Crippen molar-refractivity contribution in [1.82, 2.24) is 14.5 Å². The van der Waals surface area contributed by atoms with E-state index >= 15 is 0 Å². The van der Waals surface area contributed by atoms with E-state index in [1.165, 1.54) is 62.2 Å². The highest BCUT2D eigenvalue weighted by Crippen LogP contribution is 2.45. The number of nitrogens with zero attached hydrogens (tertiary/aromatic N) is 3. The van der Waals surface area contributed by atoms with Gasteiger partial charge in [0.25, 0.3) is 0 Å². The fraction of sp³-hybridized carbons (Fsp3) is 0. The molecular weight excluding hydrogens is 659 g/mol. The predicted octanol–water partition coefficient (Wildman–Crippen LogP) is 13.3. The van der Waals surface area contributed by atoms with E-state index in [2.05, 4.69) is 156 Å². The summed E-state index contributed by atoms with van der Waals surface area (Å²) in [5.74, 6) is 0.660. The molecule has 0 N–H and O–H groups in total. The molecule has 0 amide bonds. The summed E-state index contributed by atoms with van der Waals surface area (Å²) in [4.78, 5) is 10.7. The van der Waals surface area contributed by atoms with Crippen molar-refractivity contribution in [3.05, 3.63) is 164 Å². The van der Waals surface area contributed by atoms with Crippen LogP contribution in [0.25, 0.3) is 102 Å². The zero-order chi connectivity index (χ0) is 33.5. The number of rotatable bonds is 4. The van der Waals surface area contributed by atoms with E-state index in [-0.39, 0.29) is 0 Å². The van der Waals surface area contributed by atoms with Gasteiger partial charge < -0.3 is 0 Å². The highest BCUT2D eigenvalue weighted by atomic mass is 32.1. The van der Waals surface area contributed by atoms with Crippen LogP contribution in [0.1, 0.15) is 0 Å². The van der Waals surface area contributed by atoms with Crippen molar-refractivity contribution >= 4 is 84.8 Å². The maximum absolute atomic E-state index is 5.33. The van der Waals surface area contributed by atoms with Crippen molar-refractivity contribution in [3.8, 4) is 39.6 Å². The molecule has 4 heterocycles. The zero-order valence-electron chi connectivity index (χ0n) is 27.2. The second-order valence-electron chi connectivity index (χ2n) is 13.0. The first-order chi connectivity index (χ1) is 25.3. The standard InChI is InChI=1S/C46H27N3S2/c1-3-12-28(13-4-1)37-27-38(29-14-5-2-6-15-29)48-46(47-37)49-39-25-24-35-33-17-8-10-21-42(33)51-45(35)43(39)36-23-22-30(26-40(36)49)31-18-11-19-34-32-16-7-9-20-41(32)50-44(31)34/h1-27H. The maximum Gasteiger partial charge on any atom is 0.235 e. The summed E-state index contributed by atoms with van der Waals surface area (Å²) in [6, 6.07) is 58.6. The summed E-state index contributed by atoms with van der Waals surface area (Å²) in [5.41, 5.74) is 8.51. The molecule has 5 heteroatoms. The van der Waals surface area contributed by atoms with Crippen LogP contribution in [0, 0.1) is 0 Å². The Labute approximate surface area is 301 Å². The second-order valence-corrected chi connectivity index (χ2v) is 15.1. The molecule has 0 atom stereocenters. The molecule has 238 valence electrons. The third-order valence-corrected chi connectivity index (χ3v) is 12.5. The van der Waals surface area contributed by atoms with Gasteiger partial charge in [-0.05, 0) is 41.5 Å². The summed E-state index contributed by atoms with van der Waals surface area (Å²) >= 11 is 3.73. The van der Waals surface area contributed by atoms with E-state index in [4.69, 9.17) is 9.97 Å². The van der Waals surface area contributed by atoms with E-state index in [9.17, 15) is 0 Å². The molecule has 51 heavy (non-hydrogen) atoms. The normalized spacial score (nSPS) is 11.9. The van der Waals surface area contributed by atoms with Crippen molar-refractivity contribution in [1.29, 1.82) is 0 Å². The largest absolute Gasteiger partial charge is 0.278 e. The molecule has 0 aliphatic heterocycles. The molecular formula is C46H27N3S2. The van der Waals surface area contributed by atoms with Gasteiger partial charge in [-0.25, -0.2) is 9.97 Å². The molecule has 0 bridgehead atoms. The quantitative estimate of drug-likeness (QED) is 0.185. The molecule has 0 fully saturated rings. The van der Waals surface area contributed by atoms with Crippen LogP contribution in [0.5, 0.6) is 0 Å². The minimum atomic E-state index is 0.660. The third-order valence-electron chi connectivity index (χ3n) is 10.0. The van der Waals surface area contributed by atoms with Crippen LogP contribution >= 0.6 is 22.7 Å². The molecule has 0 radical (unpaired) electrons. The van der Waals surface area contributed by atoms with Crippen LogP contribution < -0.4 is 0 Å². The smallest absolute Gasteiger partial charge is 0.235 e. The molecule has 0 saturated carbocycles. The van der Waals surface area contributed by atoms with Gasteiger partial charge in [-0.1, -0.05) is 133 Å². The van der Waals surface area contributed by atoms with Crippen LogP contribution in [-0.2, 0) is 0 Å². The van der Waals surface area contributed by atoms with Gasteiger partial charge in [0.05, 0.1) is 22.4 Å². The topological polar surface area (TPSA) is 30.7 Å². The summed E-state index contributed by atoms with van der Waals surface area (Å²) < 4.78 is 7.49. The Morgan fingerprint density at radius 2 is 0.961 bits per heavy atom. The van der Waals surface area contributed by atoms with Gasteiger partial charge >= 0.3 is 0 Å². The zero-order valence-corrected chi connectivity index (χ0v) is 28.9. The average molecular weight is 686 g/mol. The van der Waals surface area contributed by atoms with Gasteiger partial charge in [0.2, 0.25) is 5.95 Å². The van der Waals surface area contributed by atoms with Crippen LogP contribution in [0.4, 0.5) is 0 Å². The molecule has 3 nitrogen and oxygen atoms in total. The summed E-state index contributed by atoms with van der Waals surface area (Å²) in [6.45, 7) is 0. The minimum Gasteiger partial charge on any atom is -0.278 e. The van der Waals surface area contributed by atoms with E-state index in [0.717, 1.165) is 33.5 Å². The van der Waals surface area contributed by atoms with Gasteiger partial charge in [0.1, 0.15) is 0 Å². The molecule has 0 unspecified atom stereocenters. The third kappa shape index (κ3) is 4.42. The van der Waals surface area contributed by atoms with Crippen LogP contribution in [0.15, 0.2) is 164 Å². The van der Waals surface area contributed by atoms with Gasteiger partial charge in [-0.15, -0.1) is 22.7 Å². The lowest BCUT2D eigenvalue weighted by Gasteiger charge is -2.12. The first kappa shape index (κ1) is 28.7. The molecule has 11 aromatic rings. The van der Waals surface area contributed by atoms with Crippen molar-refractivity contribution in [2.75, 3.05) is 0 Å². The maximum atomic E-state index is 5.33. The number of hydrogen-bond donors (Lipinski definition) is 0. The minimum absolute atomic E-state index is 0.660. The first-order valence-corrected chi connectivity index (χ1v) is 18.7. The van der Waals surface area contributed by atoms with Gasteiger partial charge in [0.15, 0.2) is 0 Å². The van der Waals surface area contributed by atoms with E-state index < -0.39 is 0 Å². The monoisotopic (exact) mass is 685 g/mol. The number of hydrogen-bond acceptors (Lipinski definition) is 4. The lowest BCUT2D eigenvalue weighted by molar-refractivity contribution is 0.996. The summed E-state index contributed by atoms with van der Waals surface area (Å²) in [7, 11) is 0. The van der Waals surface area contributed by atoms with Crippen LogP contribution in [0.2, 0.25) is 0 Å². The Hall–Kier alpha value is -6.14. The molecule has 7 aromatic carbocycles. The molecule has 0 spiro atoms. The number of fused-ring (bicyclic) bond motifs is 10. The Kier molecular flexibility index (Phi) is 6.29. The summed E-state index contributed by atoms with van der Waals surface area (Å²) in [5, 5.41) is 7.62. The van der Waals surface area contributed by atoms with E-state index in [1.807, 2.05) is 34.8 Å². The highest BCUT2D eigenvalue weighted by Gasteiger charge is 2.21. The van der Waals surface area contributed by atoms with Gasteiger partial charge in [-0.2, -0.15) is 0 Å². The van der Waals surface area contributed by atoms with Crippen molar-refractivity contribution in [2.24, 2.45) is 0 Å². The average Bonchev–Trinajstić information content (AvgIpc) is 3.87. The highest BCUT2D eigenvalue weighted by molar-refractivity contribution is 7.27. The van der Waals surface area contributed by atoms with Crippen molar-refractivity contribution < 1.29 is 0 Å². The molecule has 4 aromatic heterocycles. The Balaban J connectivity index is 1.25. The first-order valence-electron chi connectivity index (χ1n) is 17.1. The van der Waals surface area contributed by atoms with Crippen LogP contribution in [0.3, 0.4) is 0 Å². The number of thiophene rings is 2. The molecule has 0 aliphatic rings. The Bertz CT molecular complexity index is 3080. The van der Waals surface area contributed by atoms with Crippen LogP contribution in [-0.4, -0.2) is 14.5 Å². The number of benzene rings is 7. The van der Waals surface area contributed by atoms with Crippen molar-refractivity contribution in [2.45, 2.75) is 0 Å². The fourth-order valence-electron chi connectivity index (χ4n) is 7.69. The SMILES string of the molecule is c1ccc(-c2cc(-c3ccccc3)nc(-n3c4cc(-c5cccc6c5sc5ccccc56)ccc4c4c5sc6ccccc6c5ccc43)n2)cc1. The van der Waals surface area contributed by atoms with E-state index in [1.54, 1.807) is 0 Å². The lowest BCUT2D eigenvalue weighted by Crippen LogP contribution is -2.04. The Morgan fingerprint density at radius 1 is 0.392 bits per heavy atom. The fourth-order valence-corrected chi connectivity index (χ4v) is 10.2. The second kappa shape index (κ2) is 11.2. The predicted molar refractivity (Wildman–Crippen MR) is 218 cm³/mol. The summed E-state index contributed by atoms with van der Waals surface area (Å²) in [6.07, 6.45) is 0. The Morgan fingerprint density at radius 3 is 1.65 bits per heavy atom. The lowest BCUT2D eigenvalue weighted by atomic mass is 10.0. The van der Waals surface area contributed by atoms with Gasteiger partial charge in [-0.3, -0.25) is 4.57 Å².